The number of carbonyl (C=O) groups is 1. The van der Waals surface area contributed by atoms with Crippen LogP contribution in [0.5, 0.6) is 5.75 Å². The molecule has 0 fully saturated rings. The Balaban J connectivity index is 0.00000176. The van der Waals surface area contributed by atoms with Gasteiger partial charge in [-0.15, -0.1) is 12.4 Å². The Bertz CT molecular complexity index is 684. The van der Waals surface area contributed by atoms with Crippen molar-refractivity contribution in [2.24, 2.45) is 0 Å². The van der Waals surface area contributed by atoms with E-state index < -0.39 is 0 Å². The van der Waals surface area contributed by atoms with Crippen LogP contribution in [-0.4, -0.2) is 29.8 Å². The van der Waals surface area contributed by atoms with Gasteiger partial charge in [-0.25, -0.2) is 0 Å². The summed E-state index contributed by atoms with van der Waals surface area (Å²) in [5.74, 6) is 0.413. The van der Waals surface area contributed by atoms with Crippen LogP contribution in [0.2, 0.25) is 0 Å². The Morgan fingerprint density at radius 3 is 3.00 bits per heavy atom. The lowest BCUT2D eigenvalue weighted by Gasteiger charge is -2.14. The molecule has 2 aromatic rings. The number of rotatable bonds is 3. The summed E-state index contributed by atoms with van der Waals surface area (Å²) in [7, 11) is 1.58. The van der Waals surface area contributed by atoms with Crippen molar-refractivity contribution in [2.45, 2.75) is 19.9 Å². The van der Waals surface area contributed by atoms with Gasteiger partial charge in [-0.05, 0) is 24.6 Å². The largest absolute Gasteiger partial charge is 0.495 e. The van der Waals surface area contributed by atoms with Crippen LogP contribution in [0.1, 0.15) is 27.3 Å². The summed E-state index contributed by atoms with van der Waals surface area (Å²) in [6, 6.07) is 5.66. The molecule has 1 aromatic carbocycles. The summed E-state index contributed by atoms with van der Waals surface area (Å²) < 4.78 is 5.28. The van der Waals surface area contributed by atoms with Crippen LogP contribution >= 0.6 is 12.4 Å². The smallest absolute Gasteiger partial charge is 0.276 e. The molecule has 0 spiro atoms. The van der Waals surface area contributed by atoms with E-state index in [1.807, 2.05) is 25.1 Å². The quantitative estimate of drug-likeness (QED) is 0.808. The zero-order chi connectivity index (χ0) is 14.8. The maximum Gasteiger partial charge on any atom is 0.276 e. The van der Waals surface area contributed by atoms with Crippen LogP contribution in [-0.2, 0) is 13.0 Å². The standard InChI is InChI=1S/C15H18N4O2.ClH/c1-9-3-4-13(21-2)12(7-9)17-15(20)14-10-8-16-6-5-11(10)18-19-14;/h3-4,7,16H,5-6,8H2,1-2H3,(H,17,20)(H,18,19);1H. The van der Waals surface area contributed by atoms with Gasteiger partial charge < -0.3 is 15.4 Å². The molecule has 1 amide bonds. The third-order valence-electron chi connectivity index (χ3n) is 3.62. The van der Waals surface area contributed by atoms with Crippen molar-refractivity contribution in [2.75, 3.05) is 19.0 Å². The first-order chi connectivity index (χ1) is 10.2. The van der Waals surface area contributed by atoms with Crippen molar-refractivity contribution in [3.8, 4) is 5.75 Å². The highest BCUT2D eigenvalue weighted by molar-refractivity contribution is 6.04. The van der Waals surface area contributed by atoms with E-state index in [1.54, 1.807) is 7.11 Å². The first kappa shape index (κ1) is 16.3. The van der Waals surface area contributed by atoms with Crippen molar-refractivity contribution in [1.82, 2.24) is 15.5 Å². The van der Waals surface area contributed by atoms with Crippen molar-refractivity contribution in [3.63, 3.8) is 0 Å². The van der Waals surface area contributed by atoms with Gasteiger partial charge in [0.05, 0.1) is 12.8 Å². The number of nitrogens with one attached hydrogen (secondary N) is 3. The Hall–Kier alpha value is -2.05. The summed E-state index contributed by atoms with van der Waals surface area (Å²) in [6.45, 7) is 3.54. The van der Waals surface area contributed by atoms with Gasteiger partial charge >= 0.3 is 0 Å². The first-order valence-corrected chi connectivity index (χ1v) is 6.92. The summed E-state index contributed by atoms with van der Waals surface area (Å²) in [5, 5.41) is 13.2. The van der Waals surface area contributed by atoms with Crippen LogP contribution in [0.3, 0.4) is 0 Å². The molecule has 3 rings (SSSR count). The van der Waals surface area contributed by atoms with Crippen LogP contribution in [0.25, 0.3) is 0 Å². The van der Waals surface area contributed by atoms with Gasteiger partial charge in [-0.3, -0.25) is 9.89 Å². The highest BCUT2D eigenvalue weighted by Gasteiger charge is 2.22. The number of hydrogen-bond donors (Lipinski definition) is 3. The van der Waals surface area contributed by atoms with Gasteiger partial charge in [0.1, 0.15) is 5.75 Å². The highest BCUT2D eigenvalue weighted by Crippen LogP contribution is 2.26. The van der Waals surface area contributed by atoms with Gasteiger partial charge in [0.15, 0.2) is 5.69 Å². The molecule has 0 saturated carbocycles. The zero-order valence-corrected chi connectivity index (χ0v) is 13.3. The molecule has 3 N–H and O–H groups in total. The summed E-state index contributed by atoms with van der Waals surface area (Å²) in [6.07, 6.45) is 0.864. The maximum absolute atomic E-state index is 12.4. The van der Waals surface area contributed by atoms with Crippen LogP contribution in [0.4, 0.5) is 5.69 Å². The number of aromatic nitrogens is 2. The minimum atomic E-state index is -0.222. The number of anilines is 1. The number of benzene rings is 1. The molecule has 1 aliphatic heterocycles. The Morgan fingerprint density at radius 2 is 2.23 bits per heavy atom. The minimum absolute atomic E-state index is 0. The summed E-state index contributed by atoms with van der Waals surface area (Å²) >= 11 is 0. The van der Waals surface area contributed by atoms with E-state index in [9.17, 15) is 4.79 Å². The van der Waals surface area contributed by atoms with Gasteiger partial charge in [0.2, 0.25) is 0 Å². The highest BCUT2D eigenvalue weighted by atomic mass is 35.5. The monoisotopic (exact) mass is 322 g/mol. The maximum atomic E-state index is 12.4. The second-order valence-electron chi connectivity index (χ2n) is 5.11. The fourth-order valence-electron chi connectivity index (χ4n) is 2.51. The predicted molar refractivity (Wildman–Crippen MR) is 86.9 cm³/mol. The number of carbonyl (C=O) groups excluding carboxylic acids is 1. The summed E-state index contributed by atoms with van der Waals surface area (Å²) in [5.41, 5.74) is 4.14. The SMILES string of the molecule is COc1ccc(C)cc1NC(=O)c1n[nH]c2c1CNCC2.Cl. The van der Waals surface area contributed by atoms with Gasteiger partial charge in [0.25, 0.3) is 5.91 Å². The number of aryl methyl sites for hydroxylation is 1. The molecule has 22 heavy (non-hydrogen) atoms. The third-order valence-corrected chi connectivity index (χ3v) is 3.62. The molecule has 0 radical (unpaired) electrons. The molecule has 0 unspecified atom stereocenters. The second-order valence-corrected chi connectivity index (χ2v) is 5.11. The predicted octanol–water partition coefficient (Wildman–Crippen LogP) is 2.05. The first-order valence-electron chi connectivity index (χ1n) is 6.92. The molecule has 0 bridgehead atoms. The van der Waals surface area contributed by atoms with Crippen LogP contribution in [0, 0.1) is 6.92 Å². The average molecular weight is 323 g/mol. The molecule has 1 aromatic heterocycles. The lowest BCUT2D eigenvalue weighted by molar-refractivity contribution is 0.102. The molecule has 118 valence electrons. The van der Waals surface area contributed by atoms with Crippen molar-refractivity contribution in [3.05, 3.63) is 40.7 Å². The number of fused-ring (bicyclic) bond motifs is 1. The van der Waals surface area contributed by atoms with E-state index in [4.69, 9.17) is 4.74 Å². The molecule has 0 aliphatic carbocycles. The van der Waals surface area contributed by atoms with Crippen molar-refractivity contribution in [1.29, 1.82) is 0 Å². The lowest BCUT2D eigenvalue weighted by Crippen LogP contribution is -2.25. The number of H-pyrrole nitrogens is 1. The van der Waals surface area contributed by atoms with E-state index in [0.717, 1.165) is 29.8 Å². The molecular formula is C15H19ClN4O2. The number of methoxy groups -OCH3 is 1. The van der Waals surface area contributed by atoms with Crippen molar-refractivity contribution >= 4 is 24.0 Å². The molecule has 2 heterocycles. The molecule has 1 aliphatic rings. The normalized spacial score (nSPS) is 13.0. The second kappa shape index (κ2) is 6.81. The Morgan fingerprint density at radius 1 is 1.41 bits per heavy atom. The average Bonchev–Trinajstić information content (AvgIpc) is 2.91. The Labute approximate surface area is 135 Å². The van der Waals surface area contributed by atoms with E-state index in [-0.39, 0.29) is 18.3 Å². The topological polar surface area (TPSA) is 79.0 Å². The minimum Gasteiger partial charge on any atom is -0.495 e. The third kappa shape index (κ3) is 3.08. The van der Waals surface area contributed by atoms with Crippen LogP contribution in [0.15, 0.2) is 18.2 Å². The molecule has 0 atom stereocenters. The van der Waals surface area contributed by atoms with Crippen molar-refractivity contribution < 1.29 is 9.53 Å². The van der Waals surface area contributed by atoms with E-state index >= 15 is 0 Å². The van der Waals surface area contributed by atoms with Crippen LogP contribution < -0.4 is 15.4 Å². The fourth-order valence-corrected chi connectivity index (χ4v) is 2.51. The number of aromatic amines is 1. The van der Waals surface area contributed by atoms with Gasteiger partial charge in [0, 0.05) is 30.8 Å². The molecular weight excluding hydrogens is 304 g/mol. The van der Waals surface area contributed by atoms with Gasteiger partial charge in [-0.2, -0.15) is 5.10 Å². The van der Waals surface area contributed by atoms with E-state index in [2.05, 4.69) is 20.8 Å². The van der Waals surface area contributed by atoms with E-state index in [0.29, 0.717) is 23.7 Å². The van der Waals surface area contributed by atoms with Gasteiger partial charge in [-0.1, -0.05) is 6.07 Å². The number of amides is 1. The Kier molecular flexibility index (Phi) is 5.05. The lowest BCUT2D eigenvalue weighted by atomic mass is 10.1. The van der Waals surface area contributed by atoms with E-state index in [1.165, 1.54) is 0 Å². The molecule has 6 nitrogen and oxygen atoms in total. The number of ether oxygens (including phenoxy) is 1. The number of hydrogen-bond acceptors (Lipinski definition) is 4. The zero-order valence-electron chi connectivity index (χ0n) is 12.5. The summed E-state index contributed by atoms with van der Waals surface area (Å²) in [4.78, 5) is 12.4. The molecule has 7 heteroatoms. The molecule has 0 saturated heterocycles. The number of halogens is 1. The number of nitrogens with zero attached hydrogens (tertiary/aromatic N) is 1. The fraction of sp³-hybridized carbons (Fsp3) is 0.333.